The minimum Gasteiger partial charge on any atom is -0.328 e. The topological polar surface area (TPSA) is 38.5 Å². The first kappa shape index (κ1) is 13.9. The van der Waals surface area contributed by atoms with Crippen molar-refractivity contribution in [3.05, 3.63) is 10.5 Å². The number of fused-ring (bicyclic) bond motifs is 1. The number of imidazole rings is 1. The van der Waals surface area contributed by atoms with Gasteiger partial charge in [-0.05, 0) is 31.5 Å². The van der Waals surface area contributed by atoms with Crippen LogP contribution in [-0.4, -0.2) is 19.3 Å². The number of H-pyrrole nitrogens is 1. The van der Waals surface area contributed by atoms with Crippen LogP contribution >= 0.6 is 12.2 Å². The van der Waals surface area contributed by atoms with Crippen LogP contribution in [0.5, 0.6) is 0 Å². The van der Waals surface area contributed by atoms with E-state index in [2.05, 4.69) is 21.6 Å². The van der Waals surface area contributed by atoms with Crippen molar-refractivity contribution in [3.8, 4) is 0 Å². The highest BCUT2D eigenvalue weighted by atomic mass is 32.1. The number of aryl methyl sites for hydroxylation is 2. The molecule has 20 heavy (non-hydrogen) atoms. The number of aromatic nitrogens is 4. The molecule has 0 aliphatic heterocycles. The third-order valence-electron chi connectivity index (χ3n) is 4.44. The predicted molar refractivity (Wildman–Crippen MR) is 84.6 cm³/mol. The molecule has 2 aromatic rings. The quantitative estimate of drug-likeness (QED) is 0.677. The van der Waals surface area contributed by atoms with Crippen LogP contribution in [0.4, 0.5) is 0 Å². The second kappa shape index (κ2) is 5.72. The van der Waals surface area contributed by atoms with Gasteiger partial charge in [-0.3, -0.25) is 9.25 Å². The van der Waals surface area contributed by atoms with Gasteiger partial charge >= 0.3 is 0 Å². The molecule has 5 heteroatoms. The molecule has 2 aromatic heterocycles. The lowest BCUT2D eigenvalue weighted by atomic mass is 10.1. The Balaban J connectivity index is 2.10. The van der Waals surface area contributed by atoms with Gasteiger partial charge in [0, 0.05) is 13.1 Å². The molecule has 1 aliphatic carbocycles. The molecule has 110 valence electrons. The van der Waals surface area contributed by atoms with Crippen molar-refractivity contribution in [2.75, 3.05) is 0 Å². The van der Waals surface area contributed by atoms with Crippen LogP contribution in [0.2, 0.25) is 0 Å². The Hall–Kier alpha value is -1.10. The normalized spacial score (nSPS) is 17.7. The van der Waals surface area contributed by atoms with Crippen LogP contribution in [-0.2, 0) is 13.5 Å². The van der Waals surface area contributed by atoms with E-state index in [4.69, 9.17) is 12.2 Å². The van der Waals surface area contributed by atoms with Gasteiger partial charge in [-0.2, -0.15) is 5.10 Å². The fourth-order valence-corrected chi connectivity index (χ4v) is 3.84. The second-order valence-electron chi connectivity index (χ2n) is 5.96. The number of hydrogen-bond donors (Lipinski definition) is 1. The van der Waals surface area contributed by atoms with E-state index >= 15 is 0 Å². The van der Waals surface area contributed by atoms with Gasteiger partial charge < -0.3 is 4.98 Å². The lowest BCUT2D eigenvalue weighted by Crippen LogP contribution is -2.10. The molecule has 0 aromatic carbocycles. The molecule has 0 radical (unpaired) electrons. The van der Waals surface area contributed by atoms with Crippen LogP contribution < -0.4 is 0 Å². The maximum Gasteiger partial charge on any atom is 0.179 e. The molecule has 0 unspecified atom stereocenters. The monoisotopic (exact) mass is 292 g/mol. The molecule has 2 heterocycles. The minimum absolute atomic E-state index is 0.545. The second-order valence-corrected chi connectivity index (χ2v) is 6.35. The first-order valence-corrected chi connectivity index (χ1v) is 8.29. The molecule has 0 spiro atoms. The van der Waals surface area contributed by atoms with Crippen LogP contribution in [0.15, 0.2) is 0 Å². The van der Waals surface area contributed by atoms with Gasteiger partial charge in [-0.1, -0.05) is 39.0 Å². The smallest absolute Gasteiger partial charge is 0.179 e. The van der Waals surface area contributed by atoms with Gasteiger partial charge in [0.15, 0.2) is 10.4 Å². The van der Waals surface area contributed by atoms with Crippen molar-refractivity contribution in [1.29, 1.82) is 0 Å². The zero-order valence-corrected chi connectivity index (χ0v) is 13.3. The van der Waals surface area contributed by atoms with Gasteiger partial charge in [0.25, 0.3) is 0 Å². The summed E-state index contributed by atoms with van der Waals surface area (Å²) in [6.45, 7) is 2.19. The summed E-state index contributed by atoms with van der Waals surface area (Å²) in [5, 5.41) is 4.68. The zero-order chi connectivity index (χ0) is 14.1. The van der Waals surface area contributed by atoms with E-state index in [1.165, 1.54) is 44.2 Å². The largest absolute Gasteiger partial charge is 0.328 e. The van der Waals surface area contributed by atoms with E-state index in [0.29, 0.717) is 6.04 Å². The summed E-state index contributed by atoms with van der Waals surface area (Å²) in [5.41, 5.74) is 3.50. The molecule has 4 nitrogen and oxygen atoms in total. The van der Waals surface area contributed by atoms with Crippen LogP contribution in [0.3, 0.4) is 0 Å². The highest BCUT2D eigenvalue weighted by Gasteiger charge is 2.21. The maximum atomic E-state index is 5.60. The number of aromatic amines is 1. The molecule has 3 rings (SSSR count). The Morgan fingerprint density at radius 2 is 1.95 bits per heavy atom. The summed E-state index contributed by atoms with van der Waals surface area (Å²) >= 11 is 5.60. The highest BCUT2D eigenvalue weighted by molar-refractivity contribution is 7.71. The van der Waals surface area contributed by atoms with Crippen molar-refractivity contribution < 1.29 is 0 Å². The predicted octanol–water partition coefficient (Wildman–Crippen LogP) is 4.28. The highest BCUT2D eigenvalue weighted by Crippen LogP contribution is 2.31. The van der Waals surface area contributed by atoms with Crippen LogP contribution in [0, 0.1) is 4.77 Å². The summed E-state index contributed by atoms with van der Waals surface area (Å²) < 4.78 is 5.22. The Labute approximate surface area is 125 Å². The first-order valence-electron chi connectivity index (χ1n) is 7.88. The number of rotatable bonds is 3. The Kier molecular flexibility index (Phi) is 3.96. The Morgan fingerprint density at radius 1 is 1.25 bits per heavy atom. The summed E-state index contributed by atoms with van der Waals surface area (Å²) in [6, 6.07) is 0.545. The van der Waals surface area contributed by atoms with Crippen molar-refractivity contribution in [3.63, 3.8) is 0 Å². The molecular formula is C15H24N4S. The van der Waals surface area contributed by atoms with Crippen LogP contribution in [0.1, 0.15) is 63.6 Å². The van der Waals surface area contributed by atoms with E-state index in [9.17, 15) is 0 Å². The molecule has 1 aliphatic rings. The first-order chi connectivity index (χ1) is 9.72. The molecule has 1 fully saturated rings. The Bertz CT molecular complexity index is 641. The average Bonchev–Trinajstić information content (AvgIpc) is 2.77. The minimum atomic E-state index is 0.545. The number of nitrogens with one attached hydrogen (secondary N) is 1. The Morgan fingerprint density at radius 3 is 2.60 bits per heavy atom. The number of hydrogen-bond acceptors (Lipinski definition) is 2. The average molecular weight is 292 g/mol. The van der Waals surface area contributed by atoms with E-state index in [1.807, 2.05) is 11.7 Å². The van der Waals surface area contributed by atoms with Gasteiger partial charge in [-0.15, -0.1) is 0 Å². The van der Waals surface area contributed by atoms with Crippen molar-refractivity contribution in [1.82, 2.24) is 19.3 Å². The van der Waals surface area contributed by atoms with Crippen LogP contribution in [0.25, 0.3) is 11.2 Å². The van der Waals surface area contributed by atoms with E-state index in [-0.39, 0.29) is 0 Å². The summed E-state index contributed by atoms with van der Waals surface area (Å²) in [5.74, 6) is 0. The maximum absolute atomic E-state index is 5.60. The van der Waals surface area contributed by atoms with Gasteiger partial charge in [0.05, 0.1) is 5.69 Å². The molecule has 0 amide bonds. The molecule has 1 N–H and O–H groups in total. The summed E-state index contributed by atoms with van der Waals surface area (Å²) in [4.78, 5) is 3.41. The summed E-state index contributed by atoms with van der Waals surface area (Å²) in [7, 11) is 2.04. The number of nitrogens with zero attached hydrogens (tertiary/aromatic N) is 3. The molecular weight excluding hydrogens is 268 g/mol. The van der Waals surface area contributed by atoms with Crippen molar-refractivity contribution in [2.45, 2.75) is 64.3 Å². The lowest BCUT2D eigenvalue weighted by Gasteiger charge is -2.16. The molecule has 0 bridgehead atoms. The fourth-order valence-electron chi connectivity index (χ4n) is 3.50. The van der Waals surface area contributed by atoms with E-state index < -0.39 is 0 Å². The molecule has 0 saturated heterocycles. The SMILES string of the molecule is CCCc1nn(C)c2c1[nH]c(=S)n2C1CCCCCC1. The van der Waals surface area contributed by atoms with Crippen molar-refractivity contribution >= 4 is 23.4 Å². The molecule has 1 saturated carbocycles. The lowest BCUT2D eigenvalue weighted by molar-refractivity contribution is 0.443. The fraction of sp³-hybridized carbons (Fsp3) is 0.733. The van der Waals surface area contributed by atoms with Gasteiger partial charge in [0.2, 0.25) is 0 Å². The zero-order valence-electron chi connectivity index (χ0n) is 12.5. The third-order valence-corrected chi connectivity index (χ3v) is 4.74. The van der Waals surface area contributed by atoms with Gasteiger partial charge in [-0.25, -0.2) is 0 Å². The van der Waals surface area contributed by atoms with E-state index in [1.54, 1.807) is 0 Å². The van der Waals surface area contributed by atoms with Gasteiger partial charge in [0.1, 0.15) is 5.52 Å². The van der Waals surface area contributed by atoms with E-state index in [0.717, 1.165) is 28.8 Å². The van der Waals surface area contributed by atoms with Crippen molar-refractivity contribution in [2.24, 2.45) is 7.05 Å². The standard InChI is InChI=1S/C15H24N4S/c1-3-8-12-13-14(18(2)17-12)19(15(20)16-13)11-9-6-4-5-7-10-11/h11H,3-10H2,1-2H3,(H,16,20). The summed E-state index contributed by atoms with van der Waals surface area (Å²) in [6.07, 6.45) is 9.98. The molecule has 0 atom stereocenters. The third kappa shape index (κ3) is 2.32.